The Kier molecular flexibility index (Phi) is 4.60. The average molecular weight is 225 g/mol. The number of carbonyl (C=O) groups excluding carboxylic acids is 1. The van der Waals surface area contributed by atoms with Gasteiger partial charge in [0.15, 0.2) is 11.5 Å². The predicted octanol–water partition coefficient (Wildman–Crippen LogP) is 0.958. The molecule has 2 N–H and O–H groups in total. The van der Waals surface area contributed by atoms with E-state index in [0.717, 1.165) is 0 Å². The van der Waals surface area contributed by atoms with Crippen molar-refractivity contribution in [2.24, 2.45) is 5.73 Å². The molecule has 5 nitrogen and oxygen atoms in total. The van der Waals surface area contributed by atoms with E-state index in [0.29, 0.717) is 17.2 Å². The number of rotatable bonds is 5. The lowest BCUT2D eigenvalue weighted by molar-refractivity contribution is -0.134. The molecule has 0 atom stereocenters. The number of esters is 1. The van der Waals surface area contributed by atoms with Gasteiger partial charge in [0.05, 0.1) is 20.6 Å². The number of nitrogens with two attached hydrogens (primary N) is 1. The molecule has 0 aliphatic rings. The van der Waals surface area contributed by atoms with Crippen molar-refractivity contribution in [1.82, 2.24) is 0 Å². The monoisotopic (exact) mass is 225 g/mol. The van der Waals surface area contributed by atoms with Crippen LogP contribution in [0.4, 0.5) is 0 Å². The van der Waals surface area contributed by atoms with Crippen molar-refractivity contribution in [2.75, 3.05) is 20.8 Å². The van der Waals surface area contributed by atoms with Crippen LogP contribution in [0.5, 0.6) is 17.2 Å². The van der Waals surface area contributed by atoms with Gasteiger partial charge in [-0.15, -0.1) is 0 Å². The second-order valence-corrected chi connectivity index (χ2v) is 3.00. The molecule has 0 amide bonds. The Labute approximate surface area is 94.1 Å². The van der Waals surface area contributed by atoms with Crippen molar-refractivity contribution in [3.05, 3.63) is 18.2 Å². The van der Waals surface area contributed by atoms with Gasteiger partial charge in [-0.25, -0.2) is 0 Å². The molecule has 16 heavy (non-hydrogen) atoms. The van der Waals surface area contributed by atoms with Crippen LogP contribution in [0.3, 0.4) is 0 Å². The molecule has 1 rings (SSSR count). The number of hydrogen-bond acceptors (Lipinski definition) is 5. The van der Waals surface area contributed by atoms with E-state index < -0.39 is 5.97 Å². The van der Waals surface area contributed by atoms with E-state index in [-0.39, 0.29) is 13.0 Å². The number of methoxy groups -OCH3 is 2. The largest absolute Gasteiger partial charge is 0.493 e. The van der Waals surface area contributed by atoms with Gasteiger partial charge >= 0.3 is 5.97 Å². The van der Waals surface area contributed by atoms with E-state index in [1.54, 1.807) is 18.2 Å². The third-order valence-corrected chi connectivity index (χ3v) is 1.94. The van der Waals surface area contributed by atoms with Crippen LogP contribution in [-0.4, -0.2) is 26.7 Å². The fourth-order valence-electron chi connectivity index (χ4n) is 1.23. The molecule has 0 aromatic heterocycles. The summed E-state index contributed by atoms with van der Waals surface area (Å²) in [7, 11) is 3.00. The minimum absolute atomic E-state index is 0.167. The van der Waals surface area contributed by atoms with Crippen LogP contribution in [0.25, 0.3) is 0 Å². The molecule has 0 fully saturated rings. The summed E-state index contributed by atoms with van der Waals surface area (Å²) in [5, 5.41) is 0. The van der Waals surface area contributed by atoms with Gasteiger partial charge in [-0.3, -0.25) is 4.79 Å². The topological polar surface area (TPSA) is 70.8 Å². The van der Waals surface area contributed by atoms with Gasteiger partial charge in [-0.2, -0.15) is 0 Å². The highest BCUT2D eigenvalue weighted by Gasteiger charge is 2.13. The minimum atomic E-state index is -0.394. The molecule has 0 radical (unpaired) electrons. The van der Waals surface area contributed by atoms with Crippen LogP contribution in [0, 0.1) is 0 Å². The first-order chi connectivity index (χ1) is 7.72. The fourth-order valence-corrected chi connectivity index (χ4v) is 1.23. The van der Waals surface area contributed by atoms with Crippen molar-refractivity contribution in [1.29, 1.82) is 0 Å². The summed E-state index contributed by atoms with van der Waals surface area (Å²) in [6, 6.07) is 5.07. The Hall–Kier alpha value is -1.75. The summed E-state index contributed by atoms with van der Waals surface area (Å²) >= 11 is 0. The maximum atomic E-state index is 11.3. The van der Waals surface area contributed by atoms with E-state index in [1.165, 1.54) is 14.2 Å². The number of ether oxygens (including phenoxy) is 3. The smallest absolute Gasteiger partial charge is 0.312 e. The maximum Gasteiger partial charge on any atom is 0.312 e. The van der Waals surface area contributed by atoms with E-state index in [2.05, 4.69) is 0 Å². The first kappa shape index (κ1) is 12.3. The number of hydrogen-bond donors (Lipinski definition) is 1. The van der Waals surface area contributed by atoms with Gasteiger partial charge in [-0.1, -0.05) is 6.07 Å². The number of para-hydroxylation sites is 1. The molecule has 0 saturated carbocycles. The van der Waals surface area contributed by atoms with Crippen molar-refractivity contribution >= 4 is 5.97 Å². The molecular formula is C11H15NO4. The number of benzene rings is 1. The van der Waals surface area contributed by atoms with E-state index in [9.17, 15) is 4.79 Å². The summed E-state index contributed by atoms with van der Waals surface area (Å²) in [5.41, 5.74) is 5.25. The Morgan fingerprint density at radius 3 is 2.50 bits per heavy atom. The van der Waals surface area contributed by atoms with Crippen molar-refractivity contribution in [3.63, 3.8) is 0 Å². The lowest BCUT2D eigenvalue weighted by Gasteiger charge is -2.11. The number of carbonyl (C=O) groups is 1. The van der Waals surface area contributed by atoms with Gasteiger partial charge in [-0.05, 0) is 12.1 Å². The maximum absolute atomic E-state index is 11.3. The molecule has 88 valence electrons. The van der Waals surface area contributed by atoms with Crippen molar-refractivity contribution in [2.45, 2.75) is 6.42 Å². The minimum Gasteiger partial charge on any atom is -0.493 e. The molecule has 0 heterocycles. The highest BCUT2D eigenvalue weighted by molar-refractivity contribution is 5.74. The van der Waals surface area contributed by atoms with Crippen LogP contribution < -0.4 is 19.9 Å². The molecule has 0 aliphatic heterocycles. The van der Waals surface area contributed by atoms with E-state index >= 15 is 0 Å². The second-order valence-electron chi connectivity index (χ2n) is 3.00. The Balaban J connectivity index is 2.90. The zero-order valence-corrected chi connectivity index (χ0v) is 9.36. The molecule has 5 heteroatoms. The third kappa shape index (κ3) is 2.87. The molecule has 0 spiro atoms. The second kappa shape index (κ2) is 5.97. The summed E-state index contributed by atoms with van der Waals surface area (Å²) in [4.78, 5) is 11.3. The molecule has 1 aromatic carbocycles. The van der Waals surface area contributed by atoms with Gasteiger partial charge in [0.1, 0.15) is 0 Å². The zero-order valence-electron chi connectivity index (χ0n) is 9.36. The molecule has 0 bridgehead atoms. The Bertz CT molecular complexity index is 365. The van der Waals surface area contributed by atoms with Crippen molar-refractivity contribution in [3.8, 4) is 17.2 Å². The van der Waals surface area contributed by atoms with Crippen LogP contribution in [-0.2, 0) is 4.79 Å². The lowest BCUT2D eigenvalue weighted by Crippen LogP contribution is -2.14. The third-order valence-electron chi connectivity index (χ3n) is 1.94. The standard InChI is InChI=1S/C11H15NO4/c1-14-8-4-3-5-9(11(8)15-2)16-10(13)6-7-12/h3-5H,6-7,12H2,1-2H3. The first-order valence-electron chi connectivity index (χ1n) is 4.84. The summed E-state index contributed by atoms with van der Waals surface area (Å²) in [6.45, 7) is 0.255. The van der Waals surface area contributed by atoms with E-state index in [1.807, 2.05) is 0 Å². The molecule has 0 aliphatic carbocycles. The van der Waals surface area contributed by atoms with Gasteiger partial charge in [0, 0.05) is 6.54 Å². The van der Waals surface area contributed by atoms with Crippen LogP contribution >= 0.6 is 0 Å². The van der Waals surface area contributed by atoms with E-state index in [4.69, 9.17) is 19.9 Å². The van der Waals surface area contributed by atoms with Crippen LogP contribution in [0.2, 0.25) is 0 Å². The van der Waals surface area contributed by atoms with Gasteiger partial charge in [0.2, 0.25) is 5.75 Å². The molecule has 1 aromatic rings. The van der Waals surface area contributed by atoms with Crippen LogP contribution in [0.15, 0.2) is 18.2 Å². The summed E-state index contributed by atoms with van der Waals surface area (Å²) in [5.74, 6) is 0.852. The highest BCUT2D eigenvalue weighted by atomic mass is 16.6. The summed E-state index contributed by atoms with van der Waals surface area (Å²) < 4.78 is 15.3. The lowest BCUT2D eigenvalue weighted by atomic mass is 10.3. The predicted molar refractivity (Wildman–Crippen MR) is 58.9 cm³/mol. The van der Waals surface area contributed by atoms with Gasteiger partial charge < -0.3 is 19.9 Å². The average Bonchev–Trinajstić information content (AvgIpc) is 2.29. The molecule has 0 unspecified atom stereocenters. The first-order valence-corrected chi connectivity index (χ1v) is 4.84. The van der Waals surface area contributed by atoms with Crippen LogP contribution in [0.1, 0.15) is 6.42 Å². The highest BCUT2D eigenvalue weighted by Crippen LogP contribution is 2.36. The fraction of sp³-hybridized carbons (Fsp3) is 0.364. The molecular weight excluding hydrogens is 210 g/mol. The quantitative estimate of drug-likeness (QED) is 0.597. The Morgan fingerprint density at radius 1 is 1.25 bits per heavy atom. The zero-order chi connectivity index (χ0) is 12.0. The Morgan fingerprint density at radius 2 is 1.94 bits per heavy atom. The summed E-state index contributed by atoms with van der Waals surface area (Å²) in [6.07, 6.45) is 0.167. The normalized spacial score (nSPS) is 9.69. The SMILES string of the molecule is COc1cccc(OC(=O)CCN)c1OC. The molecule has 0 saturated heterocycles. The van der Waals surface area contributed by atoms with Gasteiger partial charge in [0.25, 0.3) is 0 Å². The van der Waals surface area contributed by atoms with Crippen molar-refractivity contribution < 1.29 is 19.0 Å².